The molecule has 206 valence electrons. The molecule has 1 aromatic heterocycles. The van der Waals surface area contributed by atoms with Crippen LogP contribution in [0.25, 0.3) is 6.08 Å². The third kappa shape index (κ3) is 5.62. The van der Waals surface area contributed by atoms with E-state index in [1.54, 1.807) is 39.4 Å². The monoisotopic (exact) mass is 552 g/mol. The van der Waals surface area contributed by atoms with Gasteiger partial charge in [0.2, 0.25) is 0 Å². The van der Waals surface area contributed by atoms with Gasteiger partial charge in [-0.1, -0.05) is 35.6 Å². The average Bonchev–Trinajstić information content (AvgIpc) is 3.23. The lowest BCUT2D eigenvalue weighted by Gasteiger charge is -2.27. The largest absolute Gasteiger partial charge is 0.496 e. The minimum atomic E-state index is -0.845. The number of fused-ring (bicyclic) bond motifs is 1. The molecule has 3 aromatic rings. The van der Waals surface area contributed by atoms with Crippen molar-refractivity contribution in [1.29, 1.82) is 0 Å². The maximum absolute atomic E-state index is 14.0. The van der Waals surface area contributed by atoms with E-state index in [9.17, 15) is 9.59 Å². The molecule has 0 aliphatic carbocycles. The first-order valence-electron chi connectivity index (χ1n) is 12.5. The topological polar surface area (TPSA) is 97.6 Å². The number of esters is 1. The van der Waals surface area contributed by atoms with Crippen LogP contribution in [0.4, 0.5) is 0 Å². The van der Waals surface area contributed by atoms with Crippen LogP contribution in [0.3, 0.4) is 0 Å². The van der Waals surface area contributed by atoms with Gasteiger partial charge in [-0.25, -0.2) is 9.79 Å². The predicted molar refractivity (Wildman–Crippen MR) is 148 cm³/mol. The highest BCUT2D eigenvalue weighted by Crippen LogP contribution is 2.40. The molecule has 0 unspecified atom stereocenters. The molecule has 1 aliphatic rings. The number of aryl methyl sites for hydroxylation is 1. The first-order valence-corrected chi connectivity index (χ1v) is 13.3. The normalized spacial score (nSPS) is 15.0. The Morgan fingerprint density at radius 1 is 1.08 bits per heavy atom. The van der Waals surface area contributed by atoms with Crippen molar-refractivity contribution in [3.8, 4) is 17.2 Å². The number of nitrogens with zero attached hydrogens (tertiary/aromatic N) is 2. The molecule has 9 nitrogen and oxygen atoms in total. The standard InChI is InChI=1S/C29H32N2O7S/c1-7-37-26-20(9-8-10-21(26)35-5)25-24(28(33)38-14-13-34-4)18(3)30-29-31(25)27(32)23(39-29)16-19-12-11-17(2)22(15-19)36-6/h8-12,15-16,25H,7,13-14H2,1-6H3/b23-16+/t25-/m1/s1. The summed E-state index contributed by atoms with van der Waals surface area (Å²) >= 11 is 1.25. The summed E-state index contributed by atoms with van der Waals surface area (Å²) in [5, 5.41) is 0. The quantitative estimate of drug-likeness (QED) is 0.282. The number of aromatic nitrogens is 1. The van der Waals surface area contributed by atoms with Crippen LogP contribution in [0.15, 0.2) is 57.5 Å². The molecule has 0 saturated heterocycles. The minimum Gasteiger partial charge on any atom is -0.496 e. The summed E-state index contributed by atoms with van der Waals surface area (Å²) in [6.07, 6.45) is 1.80. The number of allylic oxidation sites excluding steroid dienone is 1. The smallest absolute Gasteiger partial charge is 0.338 e. The van der Waals surface area contributed by atoms with E-state index in [1.807, 2.05) is 38.1 Å². The van der Waals surface area contributed by atoms with Crippen molar-refractivity contribution in [2.45, 2.75) is 26.8 Å². The summed E-state index contributed by atoms with van der Waals surface area (Å²) < 4.78 is 29.5. The zero-order valence-electron chi connectivity index (χ0n) is 22.9. The number of carbonyl (C=O) groups is 1. The maximum atomic E-state index is 14.0. The molecular formula is C29H32N2O7S. The van der Waals surface area contributed by atoms with Gasteiger partial charge >= 0.3 is 5.97 Å². The lowest BCUT2D eigenvalue weighted by atomic mass is 9.94. The molecule has 2 aromatic carbocycles. The Kier molecular flexibility index (Phi) is 8.88. The van der Waals surface area contributed by atoms with E-state index in [4.69, 9.17) is 23.7 Å². The van der Waals surface area contributed by atoms with Gasteiger partial charge < -0.3 is 23.7 Å². The van der Waals surface area contributed by atoms with Gasteiger partial charge in [0.25, 0.3) is 5.56 Å². The van der Waals surface area contributed by atoms with Gasteiger partial charge in [0.15, 0.2) is 16.3 Å². The number of thiazole rings is 1. The van der Waals surface area contributed by atoms with Crippen molar-refractivity contribution in [2.75, 3.05) is 41.2 Å². The van der Waals surface area contributed by atoms with E-state index in [2.05, 4.69) is 4.99 Å². The summed E-state index contributed by atoms with van der Waals surface area (Å²) in [5.41, 5.74) is 2.81. The molecule has 0 fully saturated rings. The summed E-state index contributed by atoms with van der Waals surface area (Å²) in [4.78, 5) is 32.5. The van der Waals surface area contributed by atoms with Crippen LogP contribution in [-0.2, 0) is 14.3 Å². The van der Waals surface area contributed by atoms with Crippen LogP contribution in [0.5, 0.6) is 17.2 Å². The van der Waals surface area contributed by atoms with Crippen molar-refractivity contribution >= 4 is 23.4 Å². The molecule has 2 heterocycles. The molecule has 1 atom stereocenters. The first-order chi connectivity index (χ1) is 18.8. The predicted octanol–water partition coefficient (Wildman–Crippen LogP) is 3.15. The van der Waals surface area contributed by atoms with Crippen molar-refractivity contribution in [2.24, 2.45) is 4.99 Å². The molecule has 0 bridgehead atoms. The van der Waals surface area contributed by atoms with Crippen molar-refractivity contribution in [3.63, 3.8) is 0 Å². The third-order valence-electron chi connectivity index (χ3n) is 6.30. The lowest BCUT2D eigenvalue weighted by Crippen LogP contribution is -2.40. The zero-order valence-corrected chi connectivity index (χ0v) is 23.7. The van der Waals surface area contributed by atoms with Crippen LogP contribution < -0.4 is 29.1 Å². The van der Waals surface area contributed by atoms with Gasteiger partial charge in [-0.15, -0.1) is 0 Å². The van der Waals surface area contributed by atoms with Gasteiger partial charge in [0.1, 0.15) is 18.4 Å². The second-order valence-corrected chi connectivity index (χ2v) is 9.76. The fraction of sp³-hybridized carbons (Fsp3) is 0.345. The highest BCUT2D eigenvalue weighted by molar-refractivity contribution is 7.07. The first kappa shape index (κ1) is 28.1. The van der Waals surface area contributed by atoms with Crippen LogP contribution in [0.2, 0.25) is 0 Å². The van der Waals surface area contributed by atoms with Crippen LogP contribution in [0, 0.1) is 6.92 Å². The Labute approximate surface area is 230 Å². The van der Waals surface area contributed by atoms with E-state index in [-0.39, 0.29) is 24.3 Å². The molecule has 0 radical (unpaired) electrons. The van der Waals surface area contributed by atoms with E-state index >= 15 is 0 Å². The van der Waals surface area contributed by atoms with Crippen molar-refractivity contribution in [1.82, 2.24) is 4.57 Å². The van der Waals surface area contributed by atoms with Crippen LogP contribution >= 0.6 is 11.3 Å². The van der Waals surface area contributed by atoms with Crippen LogP contribution in [-0.4, -0.2) is 51.7 Å². The maximum Gasteiger partial charge on any atom is 0.338 e. The second kappa shape index (κ2) is 12.3. The van der Waals surface area contributed by atoms with Crippen molar-refractivity contribution < 1.29 is 28.5 Å². The van der Waals surface area contributed by atoms with E-state index in [0.717, 1.165) is 16.9 Å². The van der Waals surface area contributed by atoms with Gasteiger partial charge in [-0.2, -0.15) is 0 Å². The molecule has 1 aliphatic heterocycles. The lowest BCUT2D eigenvalue weighted by molar-refractivity contribution is -0.140. The van der Waals surface area contributed by atoms with Gasteiger partial charge in [-0.3, -0.25) is 9.36 Å². The third-order valence-corrected chi connectivity index (χ3v) is 7.29. The number of benzene rings is 2. The Morgan fingerprint density at radius 2 is 1.85 bits per heavy atom. The summed E-state index contributed by atoms with van der Waals surface area (Å²) in [5.74, 6) is 1.08. The Hall–Kier alpha value is -3.89. The molecule has 4 rings (SSSR count). The number of ether oxygens (including phenoxy) is 5. The molecule has 39 heavy (non-hydrogen) atoms. The number of rotatable bonds is 10. The van der Waals surface area contributed by atoms with Gasteiger partial charge in [0.05, 0.1) is 43.2 Å². The van der Waals surface area contributed by atoms with E-state index in [0.29, 0.717) is 38.7 Å². The Morgan fingerprint density at radius 3 is 2.54 bits per heavy atom. The van der Waals surface area contributed by atoms with E-state index < -0.39 is 12.0 Å². The summed E-state index contributed by atoms with van der Waals surface area (Å²) in [6.45, 7) is 6.22. The minimum absolute atomic E-state index is 0.0644. The number of methoxy groups -OCH3 is 3. The average molecular weight is 553 g/mol. The number of carbonyl (C=O) groups excluding carboxylic acids is 1. The Bertz CT molecular complexity index is 1590. The van der Waals surface area contributed by atoms with Gasteiger partial charge in [-0.05, 0) is 50.1 Å². The fourth-order valence-electron chi connectivity index (χ4n) is 4.46. The second-order valence-electron chi connectivity index (χ2n) is 8.75. The number of para-hydroxylation sites is 1. The molecule has 0 spiro atoms. The molecular weight excluding hydrogens is 520 g/mol. The molecule has 10 heteroatoms. The summed E-state index contributed by atoms with van der Waals surface area (Å²) in [6, 6.07) is 10.3. The fourth-order valence-corrected chi connectivity index (χ4v) is 5.50. The highest BCUT2D eigenvalue weighted by atomic mass is 32.1. The number of hydrogen-bond donors (Lipinski definition) is 0. The Balaban J connectivity index is 1.96. The molecule has 0 N–H and O–H groups in total. The molecule has 0 amide bonds. The van der Waals surface area contributed by atoms with E-state index in [1.165, 1.54) is 23.0 Å². The van der Waals surface area contributed by atoms with Gasteiger partial charge in [0, 0.05) is 12.7 Å². The zero-order chi connectivity index (χ0) is 28.1. The summed E-state index contributed by atoms with van der Waals surface area (Å²) in [7, 11) is 4.69. The van der Waals surface area contributed by atoms with Crippen molar-refractivity contribution in [3.05, 3.63) is 84.0 Å². The van der Waals surface area contributed by atoms with Crippen LogP contribution in [0.1, 0.15) is 36.6 Å². The molecule has 0 saturated carbocycles. The SMILES string of the molecule is CCOc1c(OC)cccc1[C@@H]1C(C(=O)OCCOC)=C(C)N=c2s/c(=C/c3ccc(C)c(OC)c3)c(=O)n21. The number of hydrogen-bond acceptors (Lipinski definition) is 9. The highest BCUT2D eigenvalue weighted by Gasteiger charge is 2.36.